The van der Waals surface area contributed by atoms with E-state index in [1.807, 2.05) is 27.7 Å². The van der Waals surface area contributed by atoms with Crippen LogP contribution in [0.2, 0.25) is 0 Å². The molecule has 1 fully saturated rings. The summed E-state index contributed by atoms with van der Waals surface area (Å²) >= 11 is 0. The maximum atomic E-state index is 13.1. The Kier molecular flexibility index (Phi) is 5.05. The van der Waals surface area contributed by atoms with Crippen molar-refractivity contribution in [2.75, 3.05) is 13.1 Å². The summed E-state index contributed by atoms with van der Waals surface area (Å²) in [4.78, 5) is 36.7. The highest BCUT2D eigenvalue weighted by molar-refractivity contribution is 5.78. The van der Waals surface area contributed by atoms with Crippen molar-refractivity contribution < 1.29 is 4.79 Å². The van der Waals surface area contributed by atoms with Crippen LogP contribution in [0.3, 0.4) is 0 Å². The summed E-state index contributed by atoms with van der Waals surface area (Å²) in [5.74, 6) is 1.59. The minimum absolute atomic E-state index is 0.0653. The zero-order chi connectivity index (χ0) is 18.8. The number of nitrogens with zero attached hydrogens (tertiary/aromatic N) is 4. The lowest BCUT2D eigenvalue weighted by atomic mass is 10.1. The van der Waals surface area contributed by atoms with Crippen molar-refractivity contribution in [3.63, 3.8) is 0 Å². The molecule has 1 saturated carbocycles. The van der Waals surface area contributed by atoms with Gasteiger partial charge in [-0.25, -0.2) is 4.98 Å². The predicted molar refractivity (Wildman–Crippen MR) is 103 cm³/mol. The molecule has 1 aliphatic carbocycles. The van der Waals surface area contributed by atoms with Crippen molar-refractivity contribution in [2.24, 2.45) is 5.92 Å². The van der Waals surface area contributed by atoms with Crippen LogP contribution < -0.4 is 5.56 Å². The van der Waals surface area contributed by atoms with Crippen LogP contribution in [0.1, 0.15) is 42.5 Å². The summed E-state index contributed by atoms with van der Waals surface area (Å²) < 4.78 is 1.89. The van der Waals surface area contributed by atoms with Gasteiger partial charge in [0.05, 0.1) is 12.1 Å². The molecule has 2 aromatic heterocycles. The number of hydrogen-bond donors (Lipinski definition) is 0. The first-order valence-electron chi connectivity index (χ1n) is 9.95. The van der Waals surface area contributed by atoms with E-state index in [1.54, 1.807) is 6.20 Å². The maximum Gasteiger partial charge on any atom is 0.257 e. The molecule has 1 aliphatic heterocycles. The highest BCUT2D eigenvalue weighted by Crippen LogP contribution is 2.30. The Bertz CT molecular complexity index is 887. The van der Waals surface area contributed by atoms with E-state index in [4.69, 9.17) is 4.98 Å². The summed E-state index contributed by atoms with van der Waals surface area (Å²) in [6.07, 6.45) is 6.43. The van der Waals surface area contributed by atoms with Crippen LogP contribution in [0.5, 0.6) is 0 Å². The van der Waals surface area contributed by atoms with Crippen LogP contribution in [-0.4, -0.2) is 38.4 Å². The van der Waals surface area contributed by atoms with Gasteiger partial charge in [0.25, 0.3) is 5.56 Å². The Labute approximate surface area is 159 Å². The molecule has 0 bridgehead atoms. The van der Waals surface area contributed by atoms with Gasteiger partial charge in [0.2, 0.25) is 5.91 Å². The number of aryl methyl sites for hydroxylation is 1. The van der Waals surface area contributed by atoms with Crippen LogP contribution in [0.15, 0.2) is 29.2 Å². The largest absolute Gasteiger partial charge is 0.342 e. The molecule has 4 rings (SSSR count). The molecule has 142 valence electrons. The monoisotopic (exact) mass is 366 g/mol. The van der Waals surface area contributed by atoms with Gasteiger partial charge in [0.1, 0.15) is 5.82 Å². The third kappa shape index (κ3) is 3.94. The first-order valence-corrected chi connectivity index (χ1v) is 9.95. The summed E-state index contributed by atoms with van der Waals surface area (Å²) in [5, 5.41) is 0. The van der Waals surface area contributed by atoms with Crippen molar-refractivity contribution in [3.8, 4) is 0 Å². The summed E-state index contributed by atoms with van der Waals surface area (Å²) in [6.45, 7) is 4.03. The van der Waals surface area contributed by atoms with Gasteiger partial charge in [-0.05, 0) is 37.3 Å². The van der Waals surface area contributed by atoms with Gasteiger partial charge >= 0.3 is 0 Å². The van der Waals surface area contributed by atoms with Gasteiger partial charge in [-0.1, -0.05) is 13.0 Å². The molecule has 1 amide bonds. The molecule has 3 heterocycles. The number of aromatic nitrogens is 3. The van der Waals surface area contributed by atoms with Gasteiger partial charge < -0.3 is 4.90 Å². The van der Waals surface area contributed by atoms with E-state index < -0.39 is 0 Å². The Morgan fingerprint density at radius 3 is 2.74 bits per heavy atom. The van der Waals surface area contributed by atoms with Crippen LogP contribution in [0.4, 0.5) is 0 Å². The third-order valence-corrected chi connectivity index (χ3v) is 5.54. The highest BCUT2D eigenvalue weighted by Gasteiger charge is 2.27. The average molecular weight is 366 g/mol. The van der Waals surface area contributed by atoms with E-state index in [0.29, 0.717) is 38.3 Å². The van der Waals surface area contributed by atoms with Gasteiger partial charge in [-0.15, -0.1) is 0 Å². The van der Waals surface area contributed by atoms with E-state index >= 15 is 0 Å². The molecule has 0 atom stereocenters. The highest BCUT2D eigenvalue weighted by atomic mass is 16.2. The van der Waals surface area contributed by atoms with Gasteiger partial charge in [0.15, 0.2) is 0 Å². The minimum atomic E-state index is 0.0653. The third-order valence-electron chi connectivity index (χ3n) is 5.54. The van der Waals surface area contributed by atoms with Crippen molar-refractivity contribution in [2.45, 2.75) is 52.0 Å². The zero-order valence-corrected chi connectivity index (χ0v) is 15.9. The van der Waals surface area contributed by atoms with E-state index in [9.17, 15) is 9.59 Å². The van der Waals surface area contributed by atoms with E-state index in [-0.39, 0.29) is 11.5 Å². The number of rotatable bonds is 5. The van der Waals surface area contributed by atoms with E-state index in [1.165, 1.54) is 12.8 Å². The van der Waals surface area contributed by atoms with Crippen LogP contribution in [0.25, 0.3) is 0 Å². The number of pyridine rings is 1. The predicted octanol–water partition coefficient (Wildman–Crippen LogP) is 1.78. The fourth-order valence-corrected chi connectivity index (χ4v) is 3.78. The number of amides is 1. The van der Waals surface area contributed by atoms with Crippen molar-refractivity contribution >= 4 is 5.91 Å². The smallest absolute Gasteiger partial charge is 0.257 e. The fourth-order valence-electron chi connectivity index (χ4n) is 3.78. The molecule has 0 N–H and O–H groups in total. The van der Waals surface area contributed by atoms with Crippen molar-refractivity contribution in [1.29, 1.82) is 0 Å². The quantitative estimate of drug-likeness (QED) is 0.809. The molecule has 2 aliphatic rings. The Morgan fingerprint density at radius 2 is 2.04 bits per heavy atom. The van der Waals surface area contributed by atoms with Crippen molar-refractivity contribution in [1.82, 2.24) is 19.4 Å². The number of hydrogen-bond acceptors (Lipinski definition) is 4. The molecule has 27 heavy (non-hydrogen) atoms. The molecule has 2 aromatic rings. The molecular weight excluding hydrogens is 340 g/mol. The topological polar surface area (TPSA) is 68.1 Å². The summed E-state index contributed by atoms with van der Waals surface area (Å²) in [5.41, 5.74) is 2.59. The molecule has 0 aromatic carbocycles. The molecule has 6 nitrogen and oxygen atoms in total. The van der Waals surface area contributed by atoms with Crippen LogP contribution in [-0.2, 0) is 37.0 Å². The lowest BCUT2D eigenvalue weighted by molar-refractivity contribution is -0.130. The Hall–Kier alpha value is -2.50. The molecule has 0 spiro atoms. The van der Waals surface area contributed by atoms with Crippen LogP contribution >= 0.6 is 0 Å². The second kappa shape index (κ2) is 7.62. The van der Waals surface area contributed by atoms with Gasteiger partial charge in [0, 0.05) is 49.9 Å². The average Bonchev–Trinajstić information content (AvgIpc) is 3.51. The zero-order valence-electron chi connectivity index (χ0n) is 15.9. The second-order valence-corrected chi connectivity index (χ2v) is 7.54. The first kappa shape index (κ1) is 17.9. The normalized spacial score (nSPS) is 16.7. The Morgan fingerprint density at radius 1 is 1.22 bits per heavy atom. The van der Waals surface area contributed by atoms with Crippen LogP contribution in [0, 0.1) is 5.92 Å². The minimum Gasteiger partial charge on any atom is -0.342 e. The second-order valence-electron chi connectivity index (χ2n) is 7.54. The number of carbonyl (C=O) groups excluding carboxylic acids is 1. The fraction of sp³-hybridized carbons (Fsp3) is 0.524. The summed E-state index contributed by atoms with van der Waals surface area (Å²) in [6, 6.07) is 5.61. The number of fused-ring (bicyclic) bond motifs is 1. The lowest BCUT2D eigenvalue weighted by Gasteiger charge is -2.19. The van der Waals surface area contributed by atoms with E-state index in [0.717, 1.165) is 35.7 Å². The molecular formula is C21H26N4O2. The first-order chi connectivity index (χ1) is 13.2. The Balaban J connectivity index is 1.53. The molecule has 0 radical (unpaired) electrons. The molecule has 0 unspecified atom stereocenters. The standard InChI is InChI=1S/C21H26N4O2/c1-2-19-23-18-9-12-24(20(26)13-16-5-3-4-10-22-16)11-8-17(18)21(27)25(19)14-15-6-7-15/h3-5,10,15H,2,6-9,11-14H2,1H3. The van der Waals surface area contributed by atoms with E-state index in [2.05, 4.69) is 11.9 Å². The maximum absolute atomic E-state index is 13.1. The van der Waals surface area contributed by atoms with Gasteiger partial charge in [-0.2, -0.15) is 0 Å². The lowest BCUT2D eigenvalue weighted by Crippen LogP contribution is -2.35. The van der Waals surface area contributed by atoms with Gasteiger partial charge in [-0.3, -0.25) is 19.1 Å². The SMILES string of the molecule is CCc1nc2c(c(=O)n1CC1CC1)CCN(C(=O)Cc1ccccn1)CC2. The van der Waals surface area contributed by atoms with Crippen molar-refractivity contribution in [3.05, 3.63) is 57.5 Å². The molecule has 0 saturated heterocycles. The molecule has 6 heteroatoms. The number of carbonyl (C=O) groups is 1. The summed E-state index contributed by atoms with van der Waals surface area (Å²) in [7, 11) is 0.